The van der Waals surface area contributed by atoms with Crippen LogP contribution in [0.1, 0.15) is 40.2 Å². The van der Waals surface area contributed by atoms with E-state index in [1.54, 1.807) is 12.1 Å². The van der Waals surface area contributed by atoms with Crippen molar-refractivity contribution < 1.29 is 13.8 Å². The number of carbonyl (C=O) groups is 1. The molecule has 0 bridgehead atoms. The van der Waals surface area contributed by atoms with Gasteiger partial charge in [-0.3, -0.25) is 4.79 Å². The molecule has 1 radical (unpaired) electrons. The average Bonchev–Trinajstić information content (AvgIpc) is 2.43. The van der Waals surface area contributed by atoms with E-state index in [4.69, 9.17) is 4.65 Å². The van der Waals surface area contributed by atoms with Gasteiger partial charge in [-0.25, -0.2) is 4.39 Å². The van der Waals surface area contributed by atoms with E-state index in [1.807, 2.05) is 34.6 Å². The van der Waals surface area contributed by atoms with Crippen LogP contribution in [0.5, 0.6) is 0 Å². The van der Waals surface area contributed by atoms with E-state index in [0.29, 0.717) is 16.3 Å². The summed E-state index contributed by atoms with van der Waals surface area (Å²) < 4.78 is 19.8. The van der Waals surface area contributed by atoms with Gasteiger partial charge in [0, 0.05) is 4.75 Å². The molecule has 0 spiro atoms. The lowest BCUT2D eigenvalue weighted by Crippen LogP contribution is -2.47. The molecule has 1 rings (SSSR count). The van der Waals surface area contributed by atoms with E-state index in [2.05, 4.69) is 21.9 Å². The summed E-state index contributed by atoms with van der Waals surface area (Å²) in [6.07, 6.45) is 3.08. The molecule has 0 N–H and O–H groups in total. The molecular formula is C17H24BFO2PS2. The Morgan fingerprint density at radius 3 is 2.54 bits per heavy atom. The standard InChI is InChI=1S/C17H24BFO2PS2/c1-6-24-14(20)8-7-11-9-12(19)15(13(22)10-11)18-21-16(2,3)17(4,5)23/h7-10,23H,6,22H2,1-5H3/b8-7+. The SMILES string of the molecule is CCSC(=O)/C=C/c1cc(F)c([B]OC(C)(C)C(C)(C)S)c(P)c1. The van der Waals surface area contributed by atoms with Crippen molar-refractivity contribution in [1.82, 2.24) is 0 Å². The summed E-state index contributed by atoms with van der Waals surface area (Å²) in [7, 11) is 3.93. The average molecular weight is 385 g/mol. The number of hydrogen-bond acceptors (Lipinski definition) is 4. The quantitative estimate of drug-likeness (QED) is 0.337. The molecular weight excluding hydrogens is 361 g/mol. The molecule has 1 unspecified atom stereocenters. The fourth-order valence-electron chi connectivity index (χ4n) is 1.59. The van der Waals surface area contributed by atoms with E-state index >= 15 is 0 Å². The van der Waals surface area contributed by atoms with E-state index in [-0.39, 0.29) is 9.86 Å². The van der Waals surface area contributed by atoms with Crippen LogP contribution in [-0.2, 0) is 9.45 Å². The number of rotatable bonds is 7. The maximum absolute atomic E-state index is 14.4. The van der Waals surface area contributed by atoms with Gasteiger partial charge in [0.05, 0.1) is 5.60 Å². The molecule has 24 heavy (non-hydrogen) atoms. The first kappa shape index (κ1) is 21.8. The predicted octanol–water partition coefficient (Wildman–Crippen LogP) is 3.37. The zero-order valence-corrected chi connectivity index (χ0v) is 17.6. The third-order valence-corrected chi connectivity index (χ3v) is 5.55. The van der Waals surface area contributed by atoms with Crippen LogP contribution in [-0.4, -0.2) is 28.7 Å². The number of thioether (sulfide) groups is 1. The summed E-state index contributed by atoms with van der Waals surface area (Å²) in [6.45, 7) is 9.62. The van der Waals surface area contributed by atoms with Gasteiger partial charge in [-0.05, 0) is 68.0 Å². The maximum Gasteiger partial charge on any atom is 0.334 e. The molecule has 0 aliphatic carbocycles. The van der Waals surface area contributed by atoms with Crippen LogP contribution in [0, 0.1) is 5.82 Å². The fraction of sp³-hybridized carbons (Fsp3) is 0.471. The van der Waals surface area contributed by atoms with Crippen LogP contribution in [0.4, 0.5) is 4.39 Å². The van der Waals surface area contributed by atoms with Crippen molar-refractivity contribution >= 4 is 63.1 Å². The first-order valence-corrected chi connectivity index (χ1v) is 9.66. The van der Waals surface area contributed by atoms with E-state index in [0.717, 1.165) is 5.75 Å². The van der Waals surface area contributed by atoms with Gasteiger partial charge in [-0.15, -0.1) is 9.24 Å². The topological polar surface area (TPSA) is 26.3 Å². The first-order valence-electron chi connectivity index (χ1n) is 7.65. The van der Waals surface area contributed by atoms with Crippen LogP contribution in [0.25, 0.3) is 6.08 Å². The van der Waals surface area contributed by atoms with Crippen molar-refractivity contribution in [1.29, 1.82) is 0 Å². The molecule has 0 aliphatic rings. The van der Waals surface area contributed by atoms with Gasteiger partial charge in [0.25, 0.3) is 0 Å². The summed E-state index contributed by atoms with van der Waals surface area (Å²) in [5.41, 5.74) is 0.438. The molecule has 1 aromatic rings. The molecule has 131 valence electrons. The molecule has 0 heterocycles. The number of thiol groups is 1. The highest BCUT2D eigenvalue weighted by Gasteiger charge is 2.35. The van der Waals surface area contributed by atoms with Crippen LogP contribution in [0.3, 0.4) is 0 Å². The normalized spacial score (nSPS) is 12.7. The second-order valence-electron chi connectivity index (χ2n) is 6.40. The maximum atomic E-state index is 14.4. The second kappa shape index (κ2) is 8.89. The summed E-state index contributed by atoms with van der Waals surface area (Å²) in [5.74, 6) is 0.320. The molecule has 0 aromatic heterocycles. The summed E-state index contributed by atoms with van der Waals surface area (Å²) in [6, 6.07) is 3.18. The Morgan fingerprint density at radius 1 is 1.42 bits per heavy atom. The minimum atomic E-state index is -0.567. The van der Waals surface area contributed by atoms with Crippen LogP contribution < -0.4 is 10.8 Å². The molecule has 2 nitrogen and oxygen atoms in total. The third kappa shape index (κ3) is 6.22. The van der Waals surface area contributed by atoms with E-state index in [1.165, 1.54) is 31.4 Å². The lowest BCUT2D eigenvalue weighted by molar-refractivity contribution is -0.106. The summed E-state index contributed by atoms with van der Waals surface area (Å²) >= 11 is 5.74. The molecule has 0 saturated carbocycles. The second-order valence-corrected chi connectivity index (χ2v) is 9.40. The Bertz CT molecular complexity index is 605. The number of hydrogen-bond donors (Lipinski definition) is 1. The van der Waals surface area contributed by atoms with Gasteiger partial charge in [0.2, 0.25) is 5.12 Å². The molecule has 1 atom stereocenters. The van der Waals surface area contributed by atoms with Gasteiger partial charge in [-0.2, -0.15) is 12.6 Å². The Labute approximate surface area is 157 Å². The number of benzene rings is 1. The zero-order chi connectivity index (χ0) is 18.5. The smallest absolute Gasteiger partial charge is 0.334 e. The van der Waals surface area contributed by atoms with Crippen LogP contribution >= 0.6 is 33.6 Å². The molecule has 0 saturated heterocycles. The zero-order valence-electron chi connectivity index (χ0n) is 14.7. The molecule has 1 aromatic carbocycles. The van der Waals surface area contributed by atoms with Crippen LogP contribution in [0.2, 0.25) is 0 Å². The van der Waals surface area contributed by atoms with Crippen molar-refractivity contribution in [3.63, 3.8) is 0 Å². The number of carbonyl (C=O) groups excluding carboxylic acids is 1. The highest BCUT2D eigenvalue weighted by atomic mass is 32.2. The molecule has 7 heteroatoms. The first-order chi connectivity index (χ1) is 11.0. The molecule has 0 aliphatic heterocycles. The number of halogens is 1. The summed E-state index contributed by atoms with van der Waals surface area (Å²) in [4.78, 5) is 11.5. The summed E-state index contributed by atoms with van der Waals surface area (Å²) in [5, 5.41) is 0.623. The van der Waals surface area contributed by atoms with Crippen molar-refractivity contribution in [2.45, 2.75) is 45.0 Å². The minimum absolute atomic E-state index is 0.0417. The van der Waals surface area contributed by atoms with Crippen molar-refractivity contribution in [3.05, 3.63) is 29.6 Å². The Morgan fingerprint density at radius 2 is 2.04 bits per heavy atom. The van der Waals surface area contributed by atoms with Gasteiger partial charge < -0.3 is 4.65 Å². The van der Waals surface area contributed by atoms with Gasteiger partial charge in [-0.1, -0.05) is 24.8 Å². The molecule has 0 amide bonds. The largest absolute Gasteiger partial charge is 0.428 e. The van der Waals surface area contributed by atoms with Crippen molar-refractivity contribution in [2.75, 3.05) is 5.75 Å². The van der Waals surface area contributed by atoms with Gasteiger partial charge in [0.1, 0.15) is 5.82 Å². The van der Waals surface area contributed by atoms with Crippen molar-refractivity contribution in [2.24, 2.45) is 0 Å². The molecule has 0 fully saturated rings. The lowest BCUT2D eigenvalue weighted by atomic mass is 9.83. The predicted molar refractivity (Wildman–Crippen MR) is 112 cm³/mol. The van der Waals surface area contributed by atoms with Crippen LogP contribution in [0.15, 0.2) is 18.2 Å². The Balaban J connectivity index is 2.91. The van der Waals surface area contributed by atoms with E-state index < -0.39 is 11.4 Å². The van der Waals surface area contributed by atoms with Gasteiger partial charge >= 0.3 is 7.48 Å². The minimum Gasteiger partial charge on any atom is -0.428 e. The van der Waals surface area contributed by atoms with E-state index in [9.17, 15) is 9.18 Å². The monoisotopic (exact) mass is 385 g/mol. The highest BCUT2D eigenvalue weighted by Crippen LogP contribution is 2.30. The highest BCUT2D eigenvalue weighted by molar-refractivity contribution is 8.14. The van der Waals surface area contributed by atoms with Crippen molar-refractivity contribution in [3.8, 4) is 0 Å². The Kier molecular flexibility index (Phi) is 8.06. The fourth-order valence-corrected chi connectivity index (χ4v) is 2.49. The lowest BCUT2D eigenvalue weighted by Gasteiger charge is -2.38. The Hall–Kier alpha value is -0.285. The van der Waals surface area contributed by atoms with Gasteiger partial charge in [0.15, 0.2) is 0 Å². The third-order valence-electron chi connectivity index (χ3n) is 3.83.